The van der Waals surface area contributed by atoms with E-state index in [0.29, 0.717) is 22.9 Å². The zero-order valence-corrected chi connectivity index (χ0v) is 12.5. The average Bonchev–Trinajstić information content (AvgIpc) is 2.92. The van der Waals surface area contributed by atoms with Gasteiger partial charge in [0.15, 0.2) is 11.9 Å². The van der Waals surface area contributed by atoms with Crippen molar-refractivity contribution in [2.75, 3.05) is 12.4 Å². The monoisotopic (exact) mass is 303 g/mol. The van der Waals surface area contributed by atoms with E-state index >= 15 is 0 Å². The second-order valence-corrected chi connectivity index (χ2v) is 4.68. The first-order chi connectivity index (χ1) is 10.5. The molecule has 0 saturated heterocycles. The van der Waals surface area contributed by atoms with Crippen molar-refractivity contribution in [3.8, 4) is 5.75 Å². The molecular weight excluding hydrogens is 286 g/mol. The molecule has 0 fully saturated rings. The van der Waals surface area contributed by atoms with Gasteiger partial charge in [-0.1, -0.05) is 5.16 Å². The third kappa shape index (κ3) is 3.85. The fourth-order valence-corrected chi connectivity index (χ4v) is 1.74. The Kier molecular flexibility index (Phi) is 4.77. The third-order valence-corrected chi connectivity index (χ3v) is 2.90. The van der Waals surface area contributed by atoms with Crippen molar-refractivity contribution in [2.24, 2.45) is 0 Å². The Morgan fingerprint density at radius 1 is 1.27 bits per heavy atom. The summed E-state index contributed by atoms with van der Waals surface area (Å²) < 4.78 is 10.4. The molecule has 2 aromatic rings. The summed E-state index contributed by atoms with van der Waals surface area (Å²) in [6.45, 7) is 3.35. The highest BCUT2D eigenvalue weighted by Gasteiger charge is 2.16. The molecule has 116 valence electrons. The first-order valence-corrected chi connectivity index (χ1v) is 6.72. The van der Waals surface area contributed by atoms with Gasteiger partial charge in [-0.15, -0.1) is 0 Å². The Bertz CT molecular complexity index is 664. The maximum atomic E-state index is 12.0. The fraction of sp³-hybridized carbons (Fsp3) is 0.267. The zero-order valence-electron chi connectivity index (χ0n) is 12.5. The van der Waals surface area contributed by atoms with Crippen LogP contribution in [-0.4, -0.2) is 30.1 Å². The summed E-state index contributed by atoms with van der Waals surface area (Å²) in [5.74, 6) is 0.913. The van der Waals surface area contributed by atoms with E-state index < -0.39 is 6.10 Å². The lowest BCUT2D eigenvalue weighted by Gasteiger charge is -2.13. The molecule has 1 aromatic carbocycles. The summed E-state index contributed by atoms with van der Waals surface area (Å²) >= 11 is 0. The summed E-state index contributed by atoms with van der Waals surface area (Å²) in [6, 6.07) is 8.13. The summed E-state index contributed by atoms with van der Waals surface area (Å²) in [7, 11) is 1.56. The van der Waals surface area contributed by atoms with E-state index in [-0.39, 0.29) is 11.8 Å². The lowest BCUT2D eigenvalue weighted by Crippen LogP contribution is -2.30. The molecular formula is C15H17N3O4. The van der Waals surface area contributed by atoms with E-state index in [1.54, 1.807) is 51.2 Å². The predicted octanol–water partition coefficient (Wildman–Crippen LogP) is 1.75. The zero-order chi connectivity index (χ0) is 16.1. The lowest BCUT2D eigenvalue weighted by atomic mass is 10.2. The number of aryl methyl sites for hydroxylation is 1. The van der Waals surface area contributed by atoms with Crippen molar-refractivity contribution >= 4 is 17.6 Å². The number of anilines is 1. The number of ether oxygens (including phenoxy) is 1. The Hall–Kier alpha value is -2.83. The molecule has 0 bridgehead atoms. The van der Waals surface area contributed by atoms with E-state index in [1.165, 1.54) is 0 Å². The van der Waals surface area contributed by atoms with Crippen LogP contribution >= 0.6 is 0 Å². The summed E-state index contributed by atoms with van der Waals surface area (Å²) in [5.41, 5.74) is 0.519. The van der Waals surface area contributed by atoms with Gasteiger partial charge in [-0.05, 0) is 38.1 Å². The quantitative estimate of drug-likeness (QED) is 0.877. The number of nitrogens with one attached hydrogen (secondary N) is 2. The van der Waals surface area contributed by atoms with Gasteiger partial charge in [-0.3, -0.25) is 9.59 Å². The Balaban J connectivity index is 1.94. The molecule has 7 nitrogen and oxygen atoms in total. The van der Waals surface area contributed by atoms with Crippen LogP contribution in [0.2, 0.25) is 0 Å². The van der Waals surface area contributed by atoms with Gasteiger partial charge in [0.25, 0.3) is 11.8 Å². The highest BCUT2D eigenvalue weighted by atomic mass is 16.5. The number of hydrogen-bond acceptors (Lipinski definition) is 5. The van der Waals surface area contributed by atoms with Crippen LogP contribution in [0.25, 0.3) is 0 Å². The summed E-state index contributed by atoms with van der Waals surface area (Å²) in [5, 5.41) is 8.80. The van der Waals surface area contributed by atoms with Gasteiger partial charge >= 0.3 is 0 Å². The second-order valence-electron chi connectivity index (χ2n) is 4.68. The van der Waals surface area contributed by atoms with Crippen LogP contribution < -0.4 is 15.4 Å². The van der Waals surface area contributed by atoms with Gasteiger partial charge in [0.2, 0.25) is 0 Å². The molecule has 1 heterocycles. The van der Waals surface area contributed by atoms with E-state index in [2.05, 4.69) is 15.8 Å². The first kappa shape index (κ1) is 15.6. The predicted molar refractivity (Wildman–Crippen MR) is 79.8 cm³/mol. The van der Waals surface area contributed by atoms with Crippen LogP contribution in [-0.2, 0) is 4.79 Å². The van der Waals surface area contributed by atoms with Crippen molar-refractivity contribution in [2.45, 2.75) is 20.0 Å². The number of nitrogens with zero attached hydrogens (tertiary/aromatic N) is 1. The molecule has 0 aliphatic carbocycles. The molecule has 2 amide bonds. The van der Waals surface area contributed by atoms with Crippen LogP contribution in [0.15, 0.2) is 34.9 Å². The largest absolute Gasteiger partial charge is 0.481 e. The number of aromatic nitrogens is 1. The molecule has 2 rings (SSSR count). The smallest absolute Gasteiger partial charge is 0.266 e. The van der Waals surface area contributed by atoms with Gasteiger partial charge in [0.1, 0.15) is 11.5 Å². The number of carbonyl (C=O) groups excluding carboxylic acids is 2. The highest BCUT2D eigenvalue weighted by Crippen LogP contribution is 2.15. The minimum atomic E-state index is -0.720. The van der Waals surface area contributed by atoms with Crippen molar-refractivity contribution in [3.63, 3.8) is 0 Å². The minimum absolute atomic E-state index is 0.182. The normalized spacial score (nSPS) is 11.6. The number of rotatable bonds is 5. The van der Waals surface area contributed by atoms with Gasteiger partial charge in [-0.25, -0.2) is 0 Å². The molecule has 0 saturated carbocycles. The van der Waals surface area contributed by atoms with Gasteiger partial charge in [0, 0.05) is 18.7 Å². The van der Waals surface area contributed by atoms with E-state index in [9.17, 15) is 9.59 Å². The van der Waals surface area contributed by atoms with Crippen molar-refractivity contribution < 1.29 is 18.8 Å². The van der Waals surface area contributed by atoms with Crippen molar-refractivity contribution in [1.82, 2.24) is 10.5 Å². The molecule has 0 aliphatic rings. The Morgan fingerprint density at radius 3 is 2.50 bits per heavy atom. The van der Waals surface area contributed by atoms with Crippen LogP contribution in [0.3, 0.4) is 0 Å². The van der Waals surface area contributed by atoms with E-state index in [1.807, 2.05) is 0 Å². The maximum Gasteiger partial charge on any atom is 0.266 e. The third-order valence-electron chi connectivity index (χ3n) is 2.90. The Morgan fingerprint density at radius 2 is 1.95 bits per heavy atom. The van der Waals surface area contributed by atoms with Crippen molar-refractivity contribution in [1.29, 1.82) is 0 Å². The molecule has 1 unspecified atom stereocenters. The molecule has 0 aliphatic heterocycles. The standard InChI is InChI=1S/C15H17N3O4/c1-9-8-13(18-22-9)17-14(19)10(2)21-12-6-4-11(5-7-12)15(20)16-3/h4-8,10H,1-3H3,(H,16,20)(H,17,18,19). The number of amides is 2. The number of hydrogen-bond donors (Lipinski definition) is 2. The maximum absolute atomic E-state index is 12.0. The second kappa shape index (κ2) is 6.75. The summed E-state index contributed by atoms with van der Waals surface area (Å²) in [6.07, 6.45) is -0.720. The molecule has 0 spiro atoms. The number of benzene rings is 1. The lowest BCUT2D eigenvalue weighted by molar-refractivity contribution is -0.122. The highest BCUT2D eigenvalue weighted by molar-refractivity contribution is 5.94. The van der Waals surface area contributed by atoms with Crippen LogP contribution in [0.1, 0.15) is 23.0 Å². The topological polar surface area (TPSA) is 93.5 Å². The van der Waals surface area contributed by atoms with Gasteiger partial charge in [0.05, 0.1) is 0 Å². The van der Waals surface area contributed by atoms with E-state index in [4.69, 9.17) is 9.26 Å². The van der Waals surface area contributed by atoms with Crippen molar-refractivity contribution in [3.05, 3.63) is 41.7 Å². The van der Waals surface area contributed by atoms with Gasteiger partial charge in [-0.2, -0.15) is 0 Å². The molecule has 0 radical (unpaired) electrons. The molecule has 7 heteroatoms. The van der Waals surface area contributed by atoms with E-state index in [0.717, 1.165) is 0 Å². The summed E-state index contributed by atoms with van der Waals surface area (Å²) in [4.78, 5) is 23.4. The number of carbonyl (C=O) groups is 2. The van der Waals surface area contributed by atoms with Gasteiger partial charge < -0.3 is 19.9 Å². The SMILES string of the molecule is CNC(=O)c1ccc(OC(C)C(=O)Nc2cc(C)on2)cc1. The average molecular weight is 303 g/mol. The molecule has 1 atom stereocenters. The minimum Gasteiger partial charge on any atom is -0.481 e. The Labute approximate surface area is 127 Å². The molecule has 22 heavy (non-hydrogen) atoms. The molecule has 2 N–H and O–H groups in total. The first-order valence-electron chi connectivity index (χ1n) is 6.72. The fourth-order valence-electron chi connectivity index (χ4n) is 1.74. The van der Waals surface area contributed by atoms with Crippen LogP contribution in [0, 0.1) is 6.92 Å². The molecule has 1 aromatic heterocycles. The van der Waals surface area contributed by atoms with Crippen LogP contribution in [0.5, 0.6) is 5.75 Å². The van der Waals surface area contributed by atoms with Crippen LogP contribution in [0.4, 0.5) is 5.82 Å².